The third kappa shape index (κ3) is 3.36. The van der Waals surface area contributed by atoms with E-state index in [2.05, 4.69) is 10.1 Å². The Labute approximate surface area is 123 Å². The Kier molecular flexibility index (Phi) is 5.11. The topological polar surface area (TPSA) is 74.2 Å². The van der Waals surface area contributed by atoms with Gasteiger partial charge in [0.2, 0.25) is 5.89 Å². The molecule has 1 saturated heterocycles. The van der Waals surface area contributed by atoms with Crippen LogP contribution < -0.4 is 5.73 Å². The lowest BCUT2D eigenvalue weighted by Crippen LogP contribution is -2.14. The van der Waals surface area contributed by atoms with Crippen molar-refractivity contribution in [3.63, 3.8) is 0 Å². The zero-order chi connectivity index (χ0) is 13.1. The molecule has 1 aromatic heterocycles. The number of benzene rings is 1. The summed E-state index contributed by atoms with van der Waals surface area (Å²) in [5.41, 5.74) is 7.28. The van der Waals surface area contributed by atoms with Gasteiger partial charge >= 0.3 is 0 Å². The molecule has 1 aromatic carbocycles. The highest BCUT2D eigenvalue weighted by molar-refractivity contribution is 5.85. The summed E-state index contributed by atoms with van der Waals surface area (Å²) >= 11 is 0. The van der Waals surface area contributed by atoms with Crippen LogP contribution in [0.5, 0.6) is 0 Å². The van der Waals surface area contributed by atoms with Crippen molar-refractivity contribution in [3.8, 4) is 0 Å². The minimum Gasteiger partial charge on any atom is -0.381 e. The van der Waals surface area contributed by atoms with Crippen molar-refractivity contribution in [2.45, 2.75) is 24.8 Å². The molecule has 0 aliphatic carbocycles. The fourth-order valence-electron chi connectivity index (χ4n) is 2.26. The van der Waals surface area contributed by atoms with Crippen molar-refractivity contribution in [3.05, 3.63) is 47.6 Å². The summed E-state index contributed by atoms with van der Waals surface area (Å²) in [5.74, 6) is 1.48. The lowest BCUT2D eigenvalue weighted by atomic mass is 10.1. The molecule has 0 saturated carbocycles. The van der Waals surface area contributed by atoms with Gasteiger partial charge in [0.1, 0.15) is 0 Å². The van der Waals surface area contributed by atoms with Crippen molar-refractivity contribution >= 4 is 12.4 Å². The molecule has 1 aliphatic rings. The molecule has 0 bridgehead atoms. The number of ether oxygens (including phenoxy) is 1. The number of aromatic nitrogens is 2. The Morgan fingerprint density at radius 1 is 1.30 bits per heavy atom. The van der Waals surface area contributed by atoms with Gasteiger partial charge in [0, 0.05) is 12.5 Å². The highest BCUT2D eigenvalue weighted by Crippen LogP contribution is 2.24. The predicted octanol–water partition coefficient (Wildman–Crippen LogP) is 2.24. The van der Waals surface area contributed by atoms with E-state index in [4.69, 9.17) is 15.0 Å². The maximum atomic E-state index is 6.11. The summed E-state index contributed by atoms with van der Waals surface area (Å²) < 4.78 is 10.6. The van der Waals surface area contributed by atoms with Gasteiger partial charge in [-0.25, -0.2) is 0 Å². The van der Waals surface area contributed by atoms with Crippen LogP contribution in [0.3, 0.4) is 0 Å². The van der Waals surface area contributed by atoms with E-state index in [0.29, 0.717) is 18.9 Å². The average molecular weight is 296 g/mol. The van der Waals surface area contributed by atoms with Crippen molar-refractivity contribution < 1.29 is 9.26 Å². The molecule has 0 amide bonds. The van der Waals surface area contributed by atoms with Gasteiger partial charge in [0.15, 0.2) is 5.82 Å². The number of halogens is 1. The third-order valence-corrected chi connectivity index (χ3v) is 3.37. The Morgan fingerprint density at radius 2 is 2.10 bits per heavy atom. The molecule has 20 heavy (non-hydrogen) atoms. The van der Waals surface area contributed by atoms with Crippen LogP contribution in [0.25, 0.3) is 0 Å². The van der Waals surface area contributed by atoms with Crippen LogP contribution in [0.2, 0.25) is 0 Å². The molecule has 2 N–H and O–H groups in total. The van der Waals surface area contributed by atoms with E-state index in [-0.39, 0.29) is 24.4 Å². The molecule has 2 atom stereocenters. The second kappa shape index (κ2) is 6.83. The fourth-order valence-corrected chi connectivity index (χ4v) is 2.26. The van der Waals surface area contributed by atoms with E-state index in [1.165, 1.54) is 5.56 Å². The SMILES string of the molecule is Cl.NC(Cc1ccccc1)c1nc(C2CCOC2)no1. The number of rotatable bonds is 4. The first-order valence-electron chi connectivity index (χ1n) is 6.53. The zero-order valence-corrected chi connectivity index (χ0v) is 11.9. The lowest BCUT2D eigenvalue weighted by Gasteiger charge is -2.06. The summed E-state index contributed by atoms with van der Waals surface area (Å²) in [7, 11) is 0. The van der Waals surface area contributed by atoms with E-state index < -0.39 is 0 Å². The minimum absolute atomic E-state index is 0. The summed E-state index contributed by atoms with van der Waals surface area (Å²) in [6.07, 6.45) is 1.65. The summed E-state index contributed by atoms with van der Waals surface area (Å²) in [5, 5.41) is 4.01. The molecule has 2 aromatic rings. The van der Waals surface area contributed by atoms with Gasteiger partial charge in [-0.15, -0.1) is 12.4 Å². The van der Waals surface area contributed by atoms with Crippen molar-refractivity contribution in [1.82, 2.24) is 10.1 Å². The Balaban J connectivity index is 0.00000147. The van der Waals surface area contributed by atoms with Gasteiger partial charge in [-0.1, -0.05) is 35.5 Å². The van der Waals surface area contributed by atoms with Gasteiger partial charge in [-0.3, -0.25) is 0 Å². The first-order valence-corrected chi connectivity index (χ1v) is 6.53. The third-order valence-electron chi connectivity index (χ3n) is 3.37. The van der Waals surface area contributed by atoms with E-state index >= 15 is 0 Å². The average Bonchev–Trinajstić information content (AvgIpc) is 3.11. The molecule has 5 nitrogen and oxygen atoms in total. The van der Waals surface area contributed by atoms with Crippen LogP contribution in [0.4, 0.5) is 0 Å². The molecule has 3 rings (SSSR count). The maximum Gasteiger partial charge on any atom is 0.243 e. The standard InChI is InChI=1S/C14H17N3O2.ClH/c15-12(8-10-4-2-1-3-5-10)14-16-13(17-19-14)11-6-7-18-9-11;/h1-5,11-12H,6-9,15H2;1H. The fraction of sp³-hybridized carbons (Fsp3) is 0.429. The number of hydrogen-bond donors (Lipinski definition) is 1. The van der Waals surface area contributed by atoms with Crippen LogP contribution in [0.15, 0.2) is 34.9 Å². The van der Waals surface area contributed by atoms with Gasteiger partial charge in [-0.05, 0) is 18.4 Å². The number of nitrogens with two attached hydrogens (primary N) is 1. The molecule has 1 aliphatic heterocycles. The normalized spacial score (nSPS) is 19.6. The molecule has 2 heterocycles. The number of nitrogens with zero attached hydrogens (tertiary/aromatic N) is 2. The molecular weight excluding hydrogens is 278 g/mol. The van der Waals surface area contributed by atoms with Crippen LogP contribution in [-0.4, -0.2) is 23.4 Å². The molecule has 108 valence electrons. The maximum absolute atomic E-state index is 6.11. The van der Waals surface area contributed by atoms with Crippen molar-refractivity contribution in [1.29, 1.82) is 0 Å². The molecule has 1 fully saturated rings. The molecule has 0 radical (unpaired) electrons. The predicted molar refractivity (Wildman–Crippen MR) is 76.8 cm³/mol. The second-order valence-electron chi connectivity index (χ2n) is 4.85. The zero-order valence-electron chi connectivity index (χ0n) is 11.1. The lowest BCUT2D eigenvalue weighted by molar-refractivity contribution is 0.192. The van der Waals surface area contributed by atoms with Gasteiger partial charge in [0.25, 0.3) is 0 Å². The van der Waals surface area contributed by atoms with Gasteiger partial charge < -0.3 is 15.0 Å². The molecule has 6 heteroatoms. The highest BCUT2D eigenvalue weighted by atomic mass is 35.5. The van der Waals surface area contributed by atoms with Crippen molar-refractivity contribution in [2.24, 2.45) is 5.73 Å². The molecule has 2 unspecified atom stereocenters. The van der Waals surface area contributed by atoms with Crippen LogP contribution in [0, 0.1) is 0 Å². The Hall–Kier alpha value is -1.43. The van der Waals surface area contributed by atoms with Crippen LogP contribution in [0.1, 0.15) is 35.7 Å². The van der Waals surface area contributed by atoms with Crippen LogP contribution >= 0.6 is 12.4 Å². The van der Waals surface area contributed by atoms with E-state index in [0.717, 1.165) is 18.9 Å². The largest absolute Gasteiger partial charge is 0.381 e. The van der Waals surface area contributed by atoms with Crippen molar-refractivity contribution in [2.75, 3.05) is 13.2 Å². The first kappa shape index (κ1) is 15.0. The Morgan fingerprint density at radius 3 is 2.80 bits per heavy atom. The minimum atomic E-state index is -0.258. The van der Waals surface area contributed by atoms with Crippen LogP contribution in [-0.2, 0) is 11.2 Å². The highest BCUT2D eigenvalue weighted by Gasteiger charge is 2.24. The second-order valence-corrected chi connectivity index (χ2v) is 4.85. The summed E-state index contributed by atoms with van der Waals surface area (Å²) in [4.78, 5) is 4.41. The van der Waals surface area contributed by atoms with Gasteiger partial charge in [0.05, 0.1) is 12.6 Å². The van der Waals surface area contributed by atoms with E-state index in [1.807, 2.05) is 30.3 Å². The summed E-state index contributed by atoms with van der Waals surface area (Å²) in [6.45, 7) is 1.44. The molecule has 0 spiro atoms. The first-order chi connectivity index (χ1) is 9.33. The smallest absolute Gasteiger partial charge is 0.243 e. The van der Waals surface area contributed by atoms with Gasteiger partial charge in [-0.2, -0.15) is 4.98 Å². The Bertz CT molecular complexity index is 526. The number of hydrogen-bond acceptors (Lipinski definition) is 5. The summed E-state index contributed by atoms with van der Waals surface area (Å²) in [6, 6.07) is 9.81. The van der Waals surface area contributed by atoms with E-state index in [9.17, 15) is 0 Å². The van der Waals surface area contributed by atoms with E-state index in [1.54, 1.807) is 0 Å². The molecular formula is C14H18ClN3O2. The quantitative estimate of drug-likeness (QED) is 0.936. The monoisotopic (exact) mass is 295 g/mol.